The molecular formula is C72H140O17P2. The second-order valence-corrected chi connectivity index (χ2v) is 29.4. The number of esters is 4. The van der Waals surface area contributed by atoms with Gasteiger partial charge in [-0.1, -0.05) is 324 Å². The Hall–Kier alpha value is -1.94. The van der Waals surface area contributed by atoms with E-state index in [0.717, 1.165) is 103 Å². The van der Waals surface area contributed by atoms with Crippen LogP contribution in [0.2, 0.25) is 0 Å². The van der Waals surface area contributed by atoms with E-state index < -0.39 is 97.5 Å². The number of phosphoric acid groups is 2. The average molecular weight is 1340 g/mol. The van der Waals surface area contributed by atoms with Crippen molar-refractivity contribution in [3.8, 4) is 0 Å². The molecule has 0 amide bonds. The second kappa shape index (κ2) is 65.4. The molecule has 0 aromatic heterocycles. The molecular weight excluding hydrogens is 1200 g/mol. The summed E-state index contributed by atoms with van der Waals surface area (Å²) in [6.45, 7) is 7.15. The number of aliphatic hydroxyl groups excluding tert-OH is 1. The van der Waals surface area contributed by atoms with Crippen LogP contribution < -0.4 is 0 Å². The van der Waals surface area contributed by atoms with E-state index in [2.05, 4.69) is 34.6 Å². The predicted octanol–water partition coefficient (Wildman–Crippen LogP) is 20.9. The molecule has 0 aliphatic heterocycles. The van der Waals surface area contributed by atoms with Crippen molar-refractivity contribution in [2.75, 3.05) is 39.6 Å². The Labute approximate surface area is 556 Å². The van der Waals surface area contributed by atoms with Crippen LogP contribution in [0, 0.1) is 5.92 Å². The van der Waals surface area contributed by atoms with Crippen LogP contribution >= 0.6 is 15.6 Å². The van der Waals surface area contributed by atoms with E-state index in [1.165, 1.54) is 186 Å². The molecule has 0 rings (SSSR count). The van der Waals surface area contributed by atoms with Crippen molar-refractivity contribution in [1.82, 2.24) is 0 Å². The smallest absolute Gasteiger partial charge is 0.462 e. The van der Waals surface area contributed by atoms with E-state index >= 15 is 0 Å². The van der Waals surface area contributed by atoms with Gasteiger partial charge in [-0.2, -0.15) is 0 Å². The Bertz CT molecular complexity index is 1750. The highest BCUT2D eigenvalue weighted by Crippen LogP contribution is 2.45. The number of carbonyl (C=O) groups excluding carboxylic acids is 4. The molecule has 19 heteroatoms. The summed E-state index contributed by atoms with van der Waals surface area (Å²) in [4.78, 5) is 72.4. The molecule has 0 saturated heterocycles. The van der Waals surface area contributed by atoms with Crippen LogP contribution in [0.5, 0.6) is 0 Å². The summed E-state index contributed by atoms with van der Waals surface area (Å²) in [6, 6.07) is 0. The first-order chi connectivity index (χ1) is 44.0. The number of aliphatic hydroxyl groups is 1. The van der Waals surface area contributed by atoms with Gasteiger partial charge in [-0.3, -0.25) is 37.3 Å². The zero-order valence-corrected chi connectivity index (χ0v) is 60.8. The van der Waals surface area contributed by atoms with Gasteiger partial charge in [-0.15, -0.1) is 0 Å². The number of ether oxygens (including phenoxy) is 4. The molecule has 0 aromatic rings. The van der Waals surface area contributed by atoms with Gasteiger partial charge in [-0.05, 0) is 31.6 Å². The molecule has 0 spiro atoms. The van der Waals surface area contributed by atoms with E-state index in [0.29, 0.717) is 31.6 Å². The summed E-state index contributed by atoms with van der Waals surface area (Å²) < 4.78 is 68.2. The lowest BCUT2D eigenvalue weighted by molar-refractivity contribution is -0.161. The lowest BCUT2D eigenvalue weighted by Gasteiger charge is -2.21. The summed E-state index contributed by atoms with van der Waals surface area (Å²) in [5.41, 5.74) is 0. The average Bonchev–Trinajstić information content (AvgIpc) is 3.50. The SMILES string of the molecule is CCCCCCCCCCCCCCCCCCCCCCC(=O)O[C@H](COC(=O)CCCCCCCCCCCCCCCC)COP(=O)(O)OC[C@@H](O)COP(=O)(O)OC[C@@H](COC(=O)CCCCCCCCC)OC(=O)CCCCCCCCCC(C)C. The maximum Gasteiger partial charge on any atom is 0.472 e. The molecule has 0 heterocycles. The van der Waals surface area contributed by atoms with E-state index in [9.17, 15) is 43.2 Å². The third kappa shape index (κ3) is 66.5. The third-order valence-electron chi connectivity index (χ3n) is 16.8. The molecule has 0 aliphatic carbocycles. The second-order valence-electron chi connectivity index (χ2n) is 26.5. The van der Waals surface area contributed by atoms with Gasteiger partial charge in [0.2, 0.25) is 0 Å². The Balaban J connectivity index is 5.16. The van der Waals surface area contributed by atoms with E-state index in [4.69, 9.17) is 37.0 Å². The first kappa shape index (κ1) is 89.1. The summed E-state index contributed by atoms with van der Waals surface area (Å²) in [5.74, 6) is -1.43. The van der Waals surface area contributed by atoms with E-state index in [1.807, 2.05) is 0 Å². The van der Waals surface area contributed by atoms with Crippen LogP contribution in [0.4, 0.5) is 0 Å². The normalized spacial score (nSPS) is 14.0. The van der Waals surface area contributed by atoms with Crippen molar-refractivity contribution < 1.29 is 80.2 Å². The molecule has 0 aromatic carbocycles. The van der Waals surface area contributed by atoms with Gasteiger partial charge in [0.25, 0.3) is 0 Å². The molecule has 540 valence electrons. The van der Waals surface area contributed by atoms with Crippen molar-refractivity contribution in [1.29, 1.82) is 0 Å². The molecule has 5 atom stereocenters. The minimum Gasteiger partial charge on any atom is -0.462 e. The van der Waals surface area contributed by atoms with Gasteiger partial charge in [0.1, 0.15) is 19.3 Å². The van der Waals surface area contributed by atoms with Gasteiger partial charge < -0.3 is 33.8 Å². The van der Waals surface area contributed by atoms with Crippen molar-refractivity contribution >= 4 is 39.5 Å². The molecule has 0 aliphatic rings. The molecule has 17 nitrogen and oxygen atoms in total. The predicted molar refractivity (Wildman–Crippen MR) is 368 cm³/mol. The van der Waals surface area contributed by atoms with Crippen LogP contribution in [0.1, 0.15) is 375 Å². The minimum atomic E-state index is -4.95. The third-order valence-corrected chi connectivity index (χ3v) is 18.7. The Morgan fingerprint density at radius 3 is 0.747 bits per heavy atom. The maximum absolute atomic E-state index is 13.0. The highest BCUT2D eigenvalue weighted by Gasteiger charge is 2.30. The first-order valence-electron chi connectivity index (χ1n) is 37.6. The van der Waals surface area contributed by atoms with Crippen LogP contribution in [0.25, 0.3) is 0 Å². The van der Waals surface area contributed by atoms with Crippen LogP contribution in [-0.2, 0) is 65.4 Å². The number of hydrogen-bond acceptors (Lipinski definition) is 15. The van der Waals surface area contributed by atoms with Gasteiger partial charge in [0.15, 0.2) is 12.2 Å². The summed E-state index contributed by atoms with van der Waals surface area (Å²) in [6.07, 6.45) is 53.1. The number of carbonyl (C=O) groups is 4. The van der Waals surface area contributed by atoms with Crippen LogP contribution in [0.3, 0.4) is 0 Å². The highest BCUT2D eigenvalue weighted by molar-refractivity contribution is 7.47. The molecule has 0 fully saturated rings. The molecule has 91 heavy (non-hydrogen) atoms. The van der Waals surface area contributed by atoms with Gasteiger partial charge in [0.05, 0.1) is 26.4 Å². The van der Waals surface area contributed by atoms with E-state index in [-0.39, 0.29) is 25.7 Å². The van der Waals surface area contributed by atoms with Crippen molar-refractivity contribution in [2.45, 2.75) is 393 Å². The zero-order chi connectivity index (χ0) is 67.0. The molecule has 0 saturated carbocycles. The lowest BCUT2D eigenvalue weighted by Crippen LogP contribution is -2.30. The quantitative estimate of drug-likeness (QED) is 0.0222. The van der Waals surface area contributed by atoms with E-state index in [1.54, 1.807) is 0 Å². The van der Waals surface area contributed by atoms with Crippen molar-refractivity contribution in [3.63, 3.8) is 0 Å². The Kier molecular flexibility index (Phi) is 64.0. The van der Waals surface area contributed by atoms with Crippen molar-refractivity contribution in [2.24, 2.45) is 5.92 Å². The monoisotopic (exact) mass is 1340 g/mol. The topological polar surface area (TPSA) is 237 Å². The fourth-order valence-corrected chi connectivity index (χ4v) is 12.6. The van der Waals surface area contributed by atoms with Gasteiger partial charge >= 0.3 is 39.5 Å². The largest absolute Gasteiger partial charge is 0.472 e. The minimum absolute atomic E-state index is 0.103. The number of hydrogen-bond donors (Lipinski definition) is 3. The number of rotatable bonds is 72. The van der Waals surface area contributed by atoms with Crippen molar-refractivity contribution in [3.05, 3.63) is 0 Å². The van der Waals surface area contributed by atoms with Gasteiger partial charge in [0, 0.05) is 25.7 Å². The van der Waals surface area contributed by atoms with Gasteiger partial charge in [-0.25, -0.2) is 9.13 Å². The molecule has 0 radical (unpaired) electrons. The first-order valence-corrected chi connectivity index (χ1v) is 40.6. The Morgan fingerprint density at radius 2 is 0.505 bits per heavy atom. The summed E-state index contributed by atoms with van der Waals surface area (Å²) in [5, 5.41) is 10.6. The fraction of sp³-hybridized carbons (Fsp3) is 0.944. The zero-order valence-electron chi connectivity index (χ0n) is 59.0. The Morgan fingerprint density at radius 1 is 0.297 bits per heavy atom. The van der Waals surface area contributed by atoms with Crippen LogP contribution in [-0.4, -0.2) is 96.7 Å². The molecule has 3 N–H and O–H groups in total. The lowest BCUT2D eigenvalue weighted by atomic mass is 10.0. The molecule has 0 bridgehead atoms. The summed E-state index contributed by atoms with van der Waals surface area (Å²) >= 11 is 0. The maximum atomic E-state index is 13.0. The summed E-state index contributed by atoms with van der Waals surface area (Å²) in [7, 11) is -9.90. The number of phosphoric ester groups is 2. The molecule has 2 unspecified atom stereocenters. The standard InChI is InChI=1S/C72H140O17P2/c1-6-9-12-15-18-20-22-24-26-27-28-29-30-31-33-35-37-42-47-52-57-71(76)88-68(62-83-70(75)56-51-46-41-36-34-32-25-23-21-19-16-13-10-7-2)64-87-91(80,81)85-60-66(73)59-84-90(78,79)86-63-67(61-82-69(74)55-50-45-39-17-14-11-8-3)89-72(77)58-53-48-43-38-40-44-49-54-65(4)5/h65-68,73H,6-64H2,1-5H3,(H,78,79)(H,80,81)/t66-,67+,68+/m0/s1. The fourth-order valence-electron chi connectivity index (χ4n) is 11.0. The van der Waals surface area contributed by atoms with Crippen LogP contribution in [0.15, 0.2) is 0 Å². The number of unbranched alkanes of at least 4 members (excludes halogenated alkanes) is 44. The highest BCUT2D eigenvalue weighted by atomic mass is 31.2.